The number of unbranched alkanes of at least 4 members (excludes halogenated alkanes) is 1. The van der Waals surface area contributed by atoms with Crippen LogP contribution in [0.15, 0.2) is 0 Å². The van der Waals surface area contributed by atoms with Crippen LogP contribution in [-0.4, -0.2) is 0 Å². The summed E-state index contributed by atoms with van der Waals surface area (Å²) in [6.45, 7) is 14.2. The molecule has 0 aromatic carbocycles. The molecule has 0 rings (SSSR count). The molecule has 0 saturated carbocycles. The van der Waals surface area contributed by atoms with Gasteiger partial charge in [-0.1, -0.05) is 67.2 Å². The average Bonchev–Trinajstić information content (AvgIpc) is 2.13. The van der Waals surface area contributed by atoms with E-state index < -0.39 is 0 Å². The van der Waals surface area contributed by atoms with Gasteiger partial charge in [-0.25, -0.2) is 0 Å². The van der Waals surface area contributed by atoms with E-state index in [0.29, 0.717) is 5.41 Å². The lowest BCUT2D eigenvalue weighted by atomic mass is 9.76. The molecular weight excluding hydrogens is 168 g/mol. The second kappa shape index (κ2) is 6.48. The van der Waals surface area contributed by atoms with E-state index in [1.165, 1.54) is 32.1 Å². The Kier molecular flexibility index (Phi) is 6.48. The van der Waals surface area contributed by atoms with Gasteiger partial charge in [-0.3, -0.25) is 0 Å². The third kappa shape index (κ3) is 5.67. The summed E-state index contributed by atoms with van der Waals surface area (Å²) < 4.78 is 0. The van der Waals surface area contributed by atoms with Crippen LogP contribution in [0.1, 0.15) is 73.6 Å². The lowest BCUT2D eigenvalue weighted by Gasteiger charge is -2.30. The minimum Gasteiger partial charge on any atom is -0.0654 e. The molecule has 0 saturated heterocycles. The summed E-state index contributed by atoms with van der Waals surface area (Å²) in [5, 5.41) is 0. The summed E-state index contributed by atoms with van der Waals surface area (Å²) in [5.74, 6) is 1.79. The monoisotopic (exact) mass is 198 g/mol. The third-order valence-electron chi connectivity index (χ3n) is 3.82. The predicted molar refractivity (Wildman–Crippen MR) is 66.5 cm³/mol. The fraction of sp³-hybridized carbons (Fsp3) is 1.00. The molecule has 14 heavy (non-hydrogen) atoms. The SMILES string of the molecule is CCCCC(C)C(C)CC(C)(C)CC. The Morgan fingerprint density at radius 1 is 1.00 bits per heavy atom. The van der Waals surface area contributed by atoms with E-state index in [4.69, 9.17) is 0 Å². The largest absolute Gasteiger partial charge is 0.0654 e. The first-order chi connectivity index (χ1) is 6.43. The predicted octanol–water partition coefficient (Wildman–Crippen LogP) is 5.28. The highest BCUT2D eigenvalue weighted by Crippen LogP contribution is 2.33. The molecule has 0 radical (unpaired) electrons. The van der Waals surface area contributed by atoms with Gasteiger partial charge in [0.1, 0.15) is 0 Å². The second-order valence-corrected chi connectivity index (χ2v) is 5.82. The van der Waals surface area contributed by atoms with E-state index >= 15 is 0 Å². The van der Waals surface area contributed by atoms with Crippen molar-refractivity contribution in [1.29, 1.82) is 0 Å². The summed E-state index contributed by atoms with van der Waals surface area (Å²) in [7, 11) is 0. The van der Waals surface area contributed by atoms with E-state index in [2.05, 4.69) is 41.5 Å². The van der Waals surface area contributed by atoms with E-state index in [1.54, 1.807) is 0 Å². The molecule has 0 nitrogen and oxygen atoms in total. The van der Waals surface area contributed by atoms with Crippen LogP contribution in [0.5, 0.6) is 0 Å². The molecule has 0 heterocycles. The third-order valence-corrected chi connectivity index (χ3v) is 3.82. The van der Waals surface area contributed by atoms with E-state index in [0.717, 1.165) is 11.8 Å². The zero-order chi connectivity index (χ0) is 11.2. The molecule has 2 atom stereocenters. The van der Waals surface area contributed by atoms with Gasteiger partial charge in [-0.2, -0.15) is 0 Å². The van der Waals surface area contributed by atoms with Crippen molar-refractivity contribution in [3.8, 4) is 0 Å². The van der Waals surface area contributed by atoms with Crippen molar-refractivity contribution in [1.82, 2.24) is 0 Å². The molecule has 2 unspecified atom stereocenters. The van der Waals surface area contributed by atoms with Gasteiger partial charge < -0.3 is 0 Å². The topological polar surface area (TPSA) is 0 Å². The minimum absolute atomic E-state index is 0.542. The summed E-state index contributed by atoms with van der Waals surface area (Å²) in [6, 6.07) is 0. The maximum absolute atomic E-state index is 2.43. The van der Waals surface area contributed by atoms with Crippen LogP contribution >= 0.6 is 0 Å². The highest BCUT2D eigenvalue weighted by molar-refractivity contribution is 4.73. The van der Waals surface area contributed by atoms with Gasteiger partial charge in [0.2, 0.25) is 0 Å². The molecule has 0 aromatic rings. The van der Waals surface area contributed by atoms with Gasteiger partial charge in [0.05, 0.1) is 0 Å². The fourth-order valence-electron chi connectivity index (χ4n) is 2.03. The Hall–Kier alpha value is 0. The first-order valence-electron chi connectivity index (χ1n) is 6.43. The molecule has 0 aliphatic heterocycles. The molecule has 0 bridgehead atoms. The smallest absolute Gasteiger partial charge is 0.0354 e. The highest BCUT2D eigenvalue weighted by atomic mass is 14.3. The number of hydrogen-bond donors (Lipinski definition) is 0. The minimum atomic E-state index is 0.542. The molecule has 0 N–H and O–H groups in total. The maximum atomic E-state index is 2.43. The van der Waals surface area contributed by atoms with Crippen molar-refractivity contribution in [2.24, 2.45) is 17.3 Å². The molecule has 0 aliphatic rings. The average molecular weight is 198 g/mol. The standard InChI is InChI=1S/C14H30/c1-7-9-10-12(3)13(4)11-14(5,6)8-2/h12-13H,7-11H2,1-6H3. The van der Waals surface area contributed by atoms with E-state index in [-0.39, 0.29) is 0 Å². The molecule has 0 aliphatic carbocycles. The van der Waals surface area contributed by atoms with Crippen LogP contribution in [0.25, 0.3) is 0 Å². The van der Waals surface area contributed by atoms with Crippen LogP contribution in [0.2, 0.25) is 0 Å². The van der Waals surface area contributed by atoms with Gasteiger partial charge in [0, 0.05) is 0 Å². The maximum Gasteiger partial charge on any atom is -0.0354 e. The van der Waals surface area contributed by atoms with E-state index in [9.17, 15) is 0 Å². The van der Waals surface area contributed by atoms with Crippen LogP contribution in [0, 0.1) is 17.3 Å². The second-order valence-electron chi connectivity index (χ2n) is 5.82. The normalized spacial score (nSPS) is 16.7. The van der Waals surface area contributed by atoms with Crippen LogP contribution in [0.3, 0.4) is 0 Å². The van der Waals surface area contributed by atoms with Gasteiger partial charge in [0.25, 0.3) is 0 Å². The number of hydrogen-bond acceptors (Lipinski definition) is 0. The van der Waals surface area contributed by atoms with Gasteiger partial charge in [-0.15, -0.1) is 0 Å². The number of rotatable bonds is 7. The zero-order valence-corrected chi connectivity index (χ0v) is 11.2. The summed E-state index contributed by atoms with van der Waals surface area (Å²) in [6.07, 6.45) is 6.84. The molecular formula is C14H30. The quantitative estimate of drug-likeness (QED) is 0.522. The first-order valence-corrected chi connectivity index (χ1v) is 6.43. The van der Waals surface area contributed by atoms with Crippen molar-refractivity contribution >= 4 is 0 Å². The molecule has 0 aromatic heterocycles. The molecule has 0 heteroatoms. The fourth-order valence-corrected chi connectivity index (χ4v) is 2.03. The van der Waals surface area contributed by atoms with Gasteiger partial charge >= 0.3 is 0 Å². The van der Waals surface area contributed by atoms with Crippen molar-refractivity contribution in [3.63, 3.8) is 0 Å². The van der Waals surface area contributed by atoms with Gasteiger partial charge in [-0.05, 0) is 23.7 Å². The van der Waals surface area contributed by atoms with Crippen molar-refractivity contribution < 1.29 is 0 Å². The Bertz CT molecular complexity index is 135. The molecule has 0 spiro atoms. The summed E-state index contributed by atoms with van der Waals surface area (Å²) in [5.41, 5.74) is 0.542. The first kappa shape index (κ1) is 14.0. The summed E-state index contributed by atoms with van der Waals surface area (Å²) in [4.78, 5) is 0. The van der Waals surface area contributed by atoms with Crippen molar-refractivity contribution in [3.05, 3.63) is 0 Å². The highest BCUT2D eigenvalue weighted by Gasteiger charge is 2.21. The van der Waals surface area contributed by atoms with Crippen LogP contribution in [0.4, 0.5) is 0 Å². The lowest BCUT2D eigenvalue weighted by molar-refractivity contribution is 0.214. The Balaban J connectivity index is 3.87. The molecule has 0 amide bonds. The molecule has 0 fully saturated rings. The van der Waals surface area contributed by atoms with Crippen molar-refractivity contribution in [2.75, 3.05) is 0 Å². The van der Waals surface area contributed by atoms with Crippen molar-refractivity contribution in [2.45, 2.75) is 73.6 Å². The Labute approximate surface area is 91.5 Å². The van der Waals surface area contributed by atoms with Crippen LogP contribution < -0.4 is 0 Å². The summed E-state index contributed by atoms with van der Waals surface area (Å²) >= 11 is 0. The zero-order valence-electron chi connectivity index (χ0n) is 11.2. The Morgan fingerprint density at radius 3 is 2.00 bits per heavy atom. The van der Waals surface area contributed by atoms with Crippen LogP contribution in [-0.2, 0) is 0 Å². The lowest BCUT2D eigenvalue weighted by Crippen LogP contribution is -2.19. The van der Waals surface area contributed by atoms with E-state index in [1.807, 2.05) is 0 Å². The molecule has 86 valence electrons. The van der Waals surface area contributed by atoms with Gasteiger partial charge in [0.15, 0.2) is 0 Å². The Morgan fingerprint density at radius 2 is 1.57 bits per heavy atom.